The van der Waals surface area contributed by atoms with Crippen LogP contribution < -0.4 is 4.74 Å². The standard InChI is InChI=1S/C26H38O3.CH4O/c1-5-6-11-20(2)12-7-13-21-14-8-17-23(21)24-18-9-15-22(26(24)29-4)16-10-19-25(27)28-3;1-2/h9,15,18,20-21,23H,7-8,10-14,16-17,19H2,1-4H3;2H,1H3/t20?,21?,23-;/m0./s1. The van der Waals surface area contributed by atoms with Gasteiger partial charge in [0.1, 0.15) is 5.75 Å². The average Bonchev–Trinajstić information content (AvgIpc) is 3.27. The van der Waals surface area contributed by atoms with Gasteiger partial charge in [-0.2, -0.15) is 0 Å². The van der Waals surface area contributed by atoms with Crippen LogP contribution in [0.1, 0.15) is 88.7 Å². The van der Waals surface area contributed by atoms with E-state index < -0.39 is 0 Å². The van der Waals surface area contributed by atoms with Gasteiger partial charge in [-0.25, -0.2) is 0 Å². The number of carbonyl (C=O) groups excluding carboxylic acids is 1. The number of benzene rings is 1. The van der Waals surface area contributed by atoms with E-state index in [1.165, 1.54) is 56.8 Å². The number of carbonyl (C=O) groups is 1. The third-order valence-corrected chi connectivity index (χ3v) is 6.34. The number of hydrogen-bond acceptors (Lipinski definition) is 4. The summed E-state index contributed by atoms with van der Waals surface area (Å²) in [6.45, 7) is 4.24. The van der Waals surface area contributed by atoms with E-state index in [-0.39, 0.29) is 5.97 Å². The van der Waals surface area contributed by atoms with Crippen molar-refractivity contribution in [1.82, 2.24) is 0 Å². The first-order valence-corrected chi connectivity index (χ1v) is 11.7. The molecule has 1 aromatic rings. The van der Waals surface area contributed by atoms with Crippen molar-refractivity contribution in [2.45, 2.75) is 84.0 Å². The van der Waals surface area contributed by atoms with Crippen molar-refractivity contribution in [1.29, 1.82) is 0 Å². The van der Waals surface area contributed by atoms with Gasteiger partial charge in [0.25, 0.3) is 0 Å². The van der Waals surface area contributed by atoms with Crippen LogP contribution >= 0.6 is 0 Å². The molecule has 0 saturated heterocycles. The molecule has 0 aromatic heterocycles. The SMILES string of the molecule is CC#CCC(C)CCCC1CCC[C@@H]1c1cccc(CCCC(=O)OC)c1OC.CO. The number of aliphatic hydroxyl groups is 1. The third-order valence-electron chi connectivity index (χ3n) is 6.34. The molecule has 1 N–H and O–H groups in total. The Hall–Kier alpha value is -1.99. The largest absolute Gasteiger partial charge is 0.496 e. The molecular formula is C27H42O4. The van der Waals surface area contributed by atoms with Crippen molar-refractivity contribution in [3.8, 4) is 17.6 Å². The predicted octanol–water partition coefficient (Wildman–Crippen LogP) is 5.90. The van der Waals surface area contributed by atoms with Gasteiger partial charge in [-0.3, -0.25) is 4.79 Å². The maximum absolute atomic E-state index is 11.4. The Bertz CT molecular complexity index is 701. The minimum atomic E-state index is -0.143. The second-order valence-electron chi connectivity index (χ2n) is 8.43. The lowest BCUT2D eigenvalue weighted by Crippen LogP contribution is -2.10. The number of rotatable bonds is 11. The summed E-state index contributed by atoms with van der Waals surface area (Å²) in [5, 5.41) is 7.00. The molecule has 3 atom stereocenters. The Morgan fingerprint density at radius 1 is 1.23 bits per heavy atom. The van der Waals surface area contributed by atoms with E-state index in [0.29, 0.717) is 18.3 Å². The van der Waals surface area contributed by atoms with Gasteiger partial charge in [0.05, 0.1) is 14.2 Å². The lowest BCUT2D eigenvalue weighted by molar-refractivity contribution is -0.140. The Kier molecular flexibility index (Phi) is 13.7. The molecule has 1 aliphatic carbocycles. The van der Waals surface area contributed by atoms with Crippen molar-refractivity contribution in [3.63, 3.8) is 0 Å². The van der Waals surface area contributed by atoms with E-state index >= 15 is 0 Å². The molecule has 1 aromatic carbocycles. The summed E-state index contributed by atoms with van der Waals surface area (Å²) >= 11 is 0. The quantitative estimate of drug-likeness (QED) is 0.351. The molecular weight excluding hydrogens is 388 g/mol. The monoisotopic (exact) mass is 430 g/mol. The van der Waals surface area contributed by atoms with Crippen LogP contribution in [-0.2, 0) is 16.0 Å². The highest BCUT2D eigenvalue weighted by Gasteiger charge is 2.30. The number of ether oxygens (including phenoxy) is 2. The summed E-state index contributed by atoms with van der Waals surface area (Å²) < 4.78 is 10.6. The van der Waals surface area contributed by atoms with E-state index in [9.17, 15) is 4.79 Å². The molecule has 4 heteroatoms. The van der Waals surface area contributed by atoms with E-state index in [2.05, 4.69) is 37.0 Å². The van der Waals surface area contributed by atoms with Crippen LogP contribution in [0.5, 0.6) is 5.75 Å². The molecule has 2 rings (SSSR count). The number of methoxy groups -OCH3 is 2. The first-order valence-electron chi connectivity index (χ1n) is 11.7. The van der Waals surface area contributed by atoms with E-state index in [1.54, 1.807) is 7.11 Å². The fourth-order valence-corrected chi connectivity index (χ4v) is 4.77. The second kappa shape index (κ2) is 15.8. The second-order valence-corrected chi connectivity index (χ2v) is 8.43. The number of esters is 1. The van der Waals surface area contributed by atoms with Crippen LogP contribution in [0.15, 0.2) is 18.2 Å². The fourth-order valence-electron chi connectivity index (χ4n) is 4.77. The Labute approximate surface area is 189 Å². The molecule has 174 valence electrons. The molecule has 0 aliphatic heterocycles. The van der Waals surface area contributed by atoms with Gasteiger partial charge in [0.15, 0.2) is 0 Å². The zero-order valence-corrected chi connectivity index (χ0v) is 20.2. The highest BCUT2D eigenvalue weighted by molar-refractivity contribution is 5.69. The summed E-state index contributed by atoms with van der Waals surface area (Å²) in [6, 6.07) is 6.55. The Morgan fingerprint density at radius 2 is 2.00 bits per heavy atom. The number of para-hydroxylation sites is 1. The molecule has 0 bridgehead atoms. The van der Waals surface area contributed by atoms with Crippen LogP contribution in [0.4, 0.5) is 0 Å². The molecule has 0 heterocycles. The van der Waals surface area contributed by atoms with Gasteiger partial charge in [-0.05, 0) is 74.3 Å². The Balaban J connectivity index is 0.00000233. The topological polar surface area (TPSA) is 55.8 Å². The molecule has 0 amide bonds. The van der Waals surface area contributed by atoms with Gasteiger partial charge in [0, 0.05) is 20.0 Å². The lowest BCUT2D eigenvalue weighted by Gasteiger charge is -2.24. The summed E-state index contributed by atoms with van der Waals surface area (Å²) in [6.07, 6.45) is 10.8. The van der Waals surface area contributed by atoms with Crippen LogP contribution in [0, 0.1) is 23.7 Å². The first-order chi connectivity index (χ1) is 15.1. The normalized spacial score (nSPS) is 18.3. The van der Waals surface area contributed by atoms with Crippen molar-refractivity contribution < 1.29 is 19.4 Å². The van der Waals surface area contributed by atoms with Crippen molar-refractivity contribution in [2.24, 2.45) is 11.8 Å². The number of aliphatic hydroxyl groups excluding tert-OH is 1. The van der Waals surface area contributed by atoms with Gasteiger partial charge in [-0.1, -0.05) is 38.0 Å². The fraction of sp³-hybridized carbons (Fsp3) is 0.667. The number of aryl methyl sites for hydroxylation is 1. The highest BCUT2D eigenvalue weighted by atomic mass is 16.5. The smallest absolute Gasteiger partial charge is 0.305 e. The van der Waals surface area contributed by atoms with Gasteiger partial charge in [0.2, 0.25) is 0 Å². The summed E-state index contributed by atoms with van der Waals surface area (Å²) in [4.78, 5) is 11.4. The van der Waals surface area contributed by atoms with Crippen LogP contribution in [0.2, 0.25) is 0 Å². The summed E-state index contributed by atoms with van der Waals surface area (Å²) in [7, 11) is 4.23. The number of hydrogen-bond donors (Lipinski definition) is 1. The van der Waals surface area contributed by atoms with Gasteiger partial charge >= 0.3 is 5.97 Å². The Morgan fingerprint density at radius 3 is 2.68 bits per heavy atom. The predicted molar refractivity (Wildman–Crippen MR) is 127 cm³/mol. The lowest BCUT2D eigenvalue weighted by atomic mass is 9.83. The molecule has 2 unspecified atom stereocenters. The maximum Gasteiger partial charge on any atom is 0.305 e. The third kappa shape index (κ3) is 8.95. The van der Waals surface area contributed by atoms with Crippen molar-refractivity contribution >= 4 is 5.97 Å². The molecule has 4 nitrogen and oxygen atoms in total. The molecule has 0 radical (unpaired) electrons. The van der Waals surface area contributed by atoms with Crippen LogP contribution in [-0.4, -0.2) is 32.4 Å². The van der Waals surface area contributed by atoms with E-state index in [4.69, 9.17) is 14.6 Å². The molecule has 1 saturated carbocycles. The van der Waals surface area contributed by atoms with Gasteiger partial charge < -0.3 is 14.6 Å². The zero-order chi connectivity index (χ0) is 23.1. The zero-order valence-electron chi connectivity index (χ0n) is 20.2. The maximum atomic E-state index is 11.4. The minimum absolute atomic E-state index is 0.143. The van der Waals surface area contributed by atoms with Crippen LogP contribution in [0.25, 0.3) is 0 Å². The van der Waals surface area contributed by atoms with E-state index in [1.807, 2.05) is 6.92 Å². The molecule has 31 heavy (non-hydrogen) atoms. The first kappa shape index (κ1) is 27.0. The highest BCUT2D eigenvalue weighted by Crippen LogP contribution is 2.46. The van der Waals surface area contributed by atoms with Crippen molar-refractivity contribution in [3.05, 3.63) is 29.3 Å². The summed E-state index contributed by atoms with van der Waals surface area (Å²) in [5.74, 6) is 9.16. The van der Waals surface area contributed by atoms with E-state index in [0.717, 1.165) is 38.0 Å². The minimum Gasteiger partial charge on any atom is -0.496 e. The van der Waals surface area contributed by atoms with Gasteiger partial charge in [-0.15, -0.1) is 11.8 Å². The molecule has 0 spiro atoms. The average molecular weight is 431 g/mol. The van der Waals surface area contributed by atoms with Crippen molar-refractivity contribution in [2.75, 3.05) is 21.3 Å². The molecule has 1 fully saturated rings. The summed E-state index contributed by atoms with van der Waals surface area (Å²) in [5.41, 5.74) is 2.58. The van der Waals surface area contributed by atoms with Crippen LogP contribution in [0.3, 0.4) is 0 Å². The molecule has 1 aliphatic rings.